The van der Waals surface area contributed by atoms with Crippen LogP contribution in [-0.2, 0) is 16.0 Å². The van der Waals surface area contributed by atoms with Gasteiger partial charge in [0, 0.05) is 11.9 Å². The topological polar surface area (TPSA) is 147 Å². The molecule has 0 radical (unpaired) electrons. The summed E-state index contributed by atoms with van der Waals surface area (Å²) in [5.41, 5.74) is 1.16. The first-order chi connectivity index (χ1) is 17.7. The highest BCUT2D eigenvalue weighted by Crippen LogP contribution is 2.40. The SMILES string of the molecule is CCOC(=O)COc1nc(Oc2cc(C)cc(CCCl)c2)nc(Oc2cc(C#N)ccc2Cl)c1[N+](=O)[O-]. The summed E-state index contributed by atoms with van der Waals surface area (Å²) >= 11 is 12.0. The van der Waals surface area contributed by atoms with Crippen LogP contribution in [0.1, 0.15) is 23.6 Å². The van der Waals surface area contributed by atoms with E-state index in [9.17, 15) is 20.2 Å². The lowest BCUT2D eigenvalue weighted by Gasteiger charge is -2.13. The van der Waals surface area contributed by atoms with Gasteiger partial charge in [-0.2, -0.15) is 15.2 Å². The summed E-state index contributed by atoms with van der Waals surface area (Å²) in [6, 6.07) is 11.0. The van der Waals surface area contributed by atoms with Crippen LogP contribution in [0.3, 0.4) is 0 Å². The Kier molecular flexibility index (Phi) is 9.43. The van der Waals surface area contributed by atoms with E-state index in [0.29, 0.717) is 18.1 Å². The number of nitro groups is 1. The number of carbonyl (C=O) groups is 1. The molecule has 2 aromatic carbocycles. The second kappa shape index (κ2) is 12.7. The second-order valence-electron chi connectivity index (χ2n) is 7.37. The molecular formula is C24H20Cl2N4O7. The molecule has 0 spiro atoms. The molecule has 0 aliphatic rings. The summed E-state index contributed by atoms with van der Waals surface area (Å²) in [6.45, 7) is 2.87. The van der Waals surface area contributed by atoms with Crippen LogP contribution in [0.25, 0.3) is 0 Å². The van der Waals surface area contributed by atoms with Crippen LogP contribution in [0.4, 0.5) is 5.69 Å². The first kappa shape index (κ1) is 27.4. The lowest BCUT2D eigenvalue weighted by Crippen LogP contribution is -2.16. The van der Waals surface area contributed by atoms with Crippen molar-refractivity contribution in [2.45, 2.75) is 20.3 Å². The van der Waals surface area contributed by atoms with Gasteiger partial charge in [0.15, 0.2) is 6.61 Å². The van der Waals surface area contributed by atoms with Gasteiger partial charge in [0.2, 0.25) is 0 Å². The standard InChI is InChI=1S/C24H20Cl2N4O7/c1-3-34-20(31)13-35-22-21(30(32)33)23(37-19-11-16(12-27)4-5-18(19)26)29-24(28-22)36-17-9-14(2)8-15(10-17)6-7-25/h4-5,8-11H,3,6-7,13H2,1-2H3. The van der Waals surface area contributed by atoms with Gasteiger partial charge >= 0.3 is 29.4 Å². The molecule has 37 heavy (non-hydrogen) atoms. The Hall–Kier alpha value is -4.14. The number of aromatic nitrogens is 2. The summed E-state index contributed by atoms with van der Waals surface area (Å²) < 4.78 is 21.5. The van der Waals surface area contributed by atoms with Crippen molar-refractivity contribution in [3.05, 3.63) is 68.2 Å². The molecule has 1 heterocycles. The molecule has 0 atom stereocenters. The van der Waals surface area contributed by atoms with Gasteiger partial charge in [-0.05, 0) is 55.7 Å². The molecule has 13 heteroatoms. The zero-order chi connectivity index (χ0) is 26.9. The van der Waals surface area contributed by atoms with Crippen LogP contribution < -0.4 is 14.2 Å². The molecule has 192 valence electrons. The predicted molar refractivity (Wildman–Crippen MR) is 133 cm³/mol. The molecule has 0 saturated carbocycles. The minimum atomic E-state index is -0.840. The van der Waals surface area contributed by atoms with Crippen molar-refractivity contribution in [2.24, 2.45) is 0 Å². The number of nitrogens with zero attached hydrogens (tertiary/aromatic N) is 4. The zero-order valence-corrected chi connectivity index (χ0v) is 21.2. The molecule has 0 unspecified atom stereocenters. The summed E-state index contributed by atoms with van der Waals surface area (Å²) in [6.07, 6.45) is 0.580. The van der Waals surface area contributed by atoms with Crippen LogP contribution in [0.2, 0.25) is 5.02 Å². The Morgan fingerprint density at radius 1 is 1.16 bits per heavy atom. The highest BCUT2D eigenvalue weighted by Gasteiger charge is 2.30. The van der Waals surface area contributed by atoms with Crippen molar-refractivity contribution < 1.29 is 28.7 Å². The van der Waals surface area contributed by atoms with Crippen LogP contribution >= 0.6 is 23.2 Å². The maximum Gasteiger partial charge on any atom is 0.392 e. The number of hydrogen-bond donors (Lipinski definition) is 0. The lowest BCUT2D eigenvalue weighted by atomic mass is 10.1. The molecule has 1 aromatic heterocycles. The fraction of sp³-hybridized carbons (Fsp3) is 0.250. The molecule has 3 aromatic rings. The summed E-state index contributed by atoms with van der Waals surface area (Å²) in [5.74, 6) is -1.30. The molecule has 0 aliphatic heterocycles. The molecule has 11 nitrogen and oxygen atoms in total. The van der Waals surface area contributed by atoms with Crippen molar-refractivity contribution >= 4 is 34.9 Å². The van der Waals surface area contributed by atoms with Gasteiger partial charge in [-0.15, -0.1) is 11.6 Å². The average molecular weight is 547 g/mol. The number of aryl methyl sites for hydroxylation is 2. The van der Waals surface area contributed by atoms with Gasteiger partial charge < -0.3 is 18.9 Å². The molecule has 0 N–H and O–H groups in total. The number of benzene rings is 2. The zero-order valence-electron chi connectivity index (χ0n) is 19.7. The maximum absolute atomic E-state index is 12.0. The van der Waals surface area contributed by atoms with E-state index < -0.39 is 34.9 Å². The minimum absolute atomic E-state index is 0.0628. The normalized spacial score (nSPS) is 10.4. The first-order valence-corrected chi connectivity index (χ1v) is 11.7. The monoisotopic (exact) mass is 546 g/mol. The van der Waals surface area contributed by atoms with Crippen molar-refractivity contribution in [3.8, 4) is 35.3 Å². The fourth-order valence-electron chi connectivity index (χ4n) is 3.10. The maximum atomic E-state index is 12.0. The van der Waals surface area contributed by atoms with Crippen LogP contribution in [0.5, 0.6) is 29.3 Å². The molecular weight excluding hydrogens is 527 g/mol. The quantitative estimate of drug-likeness (QED) is 0.130. The van der Waals surface area contributed by atoms with Crippen LogP contribution in [0, 0.1) is 28.4 Å². The molecule has 3 rings (SSSR count). The van der Waals surface area contributed by atoms with E-state index >= 15 is 0 Å². The highest BCUT2D eigenvalue weighted by atomic mass is 35.5. The van der Waals surface area contributed by atoms with Crippen molar-refractivity contribution in [1.29, 1.82) is 5.26 Å². The third-order valence-corrected chi connectivity index (χ3v) is 5.09. The van der Waals surface area contributed by atoms with E-state index in [0.717, 1.165) is 11.1 Å². The third kappa shape index (κ3) is 7.42. The summed E-state index contributed by atoms with van der Waals surface area (Å²) in [4.78, 5) is 31.0. The number of nitriles is 1. The summed E-state index contributed by atoms with van der Waals surface area (Å²) in [7, 11) is 0. The Morgan fingerprint density at radius 3 is 2.59 bits per heavy atom. The minimum Gasteiger partial charge on any atom is -0.463 e. The number of carbonyl (C=O) groups excluding carboxylic acids is 1. The molecule has 0 amide bonds. The smallest absolute Gasteiger partial charge is 0.392 e. The van der Waals surface area contributed by atoms with E-state index in [1.165, 1.54) is 18.2 Å². The molecule has 0 aliphatic carbocycles. The van der Waals surface area contributed by atoms with E-state index in [1.807, 2.05) is 19.1 Å². The Balaban J connectivity index is 2.09. The van der Waals surface area contributed by atoms with Gasteiger partial charge in [0.25, 0.3) is 0 Å². The number of ether oxygens (including phenoxy) is 4. The Bertz CT molecular complexity index is 1360. The van der Waals surface area contributed by atoms with Gasteiger partial charge in [-0.1, -0.05) is 17.7 Å². The third-order valence-electron chi connectivity index (χ3n) is 4.58. The number of hydrogen-bond acceptors (Lipinski definition) is 10. The summed E-state index contributed by atoms with van der Waals surface area (Å²) in [5, 5.41) is 21.2. The van der Waals surface area contributed by atoms with E-state index in [4.69, 9.17) is 42.1 Å². The highest BCUT2D eigenvalue weighted by molar-refractivity contribution is 6.32. The number of halogens is 2. The van der Waals surface area contributed by atoms with Crippen LogP contribution in [-0.4, -0.2) is 40.0 Å². The predicted octanol–water partition coefficient (Wildman–Crippen LogP) is 5.53. The fourth-order valence-corrected chi connectivity index (χ4v) is 3.47. The number of rotatable bonds is 11. The van der Waals surface area contributed by atoms with Crippen molar-refractivity contribution in [3.63, 3.8) is 0 Å². The Morgan fingerprint density at radius 2 is 1.92 bits per heavy atom. The van der Waals surface area contributed by atoms with Crippen molar-refractivity contribution in [1.82, 2.24) is 9.97 Å². The largest absolute Gasteiger partial charge is 0.463 e. The first-order valence-electron chi connectivity index (χ1n) is 10.8. The average Bonchev–Trinajstić information content (AvgIpc) is 2.83. The number of alkyl halides is 1. The molecule has 0 saturated heterocycles. The van der Waals surface area contributed by atoms with E-state index in [-0.39, 0.29) is 29.0 Å². The van der Waals surface area contributed by atoms with Crippen LogP contribution in [0.15, 0.2) is 36.4 Å². The van der Waals surface area contributed by atoms with E-state index in [2.05, 4.69) is 9.97 Å². The molecule has 0 bridgehead atoms. The number of esters is 1. The van der Waals surface area contributed by atoms with Crippen molar-refractivity contribution in [2.75, 3.05) is 19.1 Å². The van der Waals surface area contributed by atoms with E-state index in [1.54, 1.807) is 19.1 Å². The van der Waals surface area contributed by atoms with Gasteiger partial charge in [0.05, 0.1) is 28.2 Å². The Labute approximate surface area is 221 Å². The lowest BCUT2D eigenvalue weighted by molar-refractivity contribution is -0.387. The van der Waals surface area contributed by atoms with Gasteiger partial charge in [-0.25, -0.2) is 4.79 Å². The second-order valence-corrected chi connectivity index (χ2v) is 8.16. The molecule has 0 fully saturated rings. The van der Waals surface area contributed by atoms with Gasteiger partial charge in [0.1, 0.15) is 11.5 Å². The van der Waals surface area contributed by atoms with Gasteiger partial charge in [-0.3, -0.25) is 10.1 Å².